The first-order valence-corrected chi connectivity index (χ1v) is 40.4. The minimum Gasteiger partial charge on any atom is -0.478 e. The van der Waals surface area contributed by atoms with Crippen molar-refractivity contribution in [3.63, 3.8) is 0 Å². The maximum Gasteiger partial charge on any atom is 0.335 e. The van der Waals surface area contributed by atoms with Crippen LogP contribution in [0.15, 0.2) is 210 Å². The second-order valence-electron chi connectivity index (χ2n) is 29.9. The molecule has 0 saturated carbocycles. The molecule has 26 heteroatoms. The highest BCUT2D eigenvalue weighted by Crippen LogP contribution is 2.25. The molecule has 9 amide bonds. The Hall–Kier alpha value is -14.3. The quantitative estimate of drug-likeness (QED) is 0.0315. The van der Waals surface area contributed by atoms with E-state index in [4.69, 9.17) is 15.9 Å². The van der Waals surface area contributed by atoms with Gasteiger partial charge in [0.1, 0.15) is 0 Å². The van der Waals surface area contributed by atoms with Crippen molar-refractivity contribution in [1.29, 1.82) is 0 Å². The summed E-state index contributed by atoms with van der Waals surface area (Å²) in [6, 6.07) is 35.0. The highest BCUT2D eigenvalue weighted by atomic mass is 16.4. The number of nitrogens with two attached hydrogens (primary N) is 1. The molecule has 0 saturated heterocycles. The molecule has 26 nitrogen and oxygen atoms in total. The number of nitrogens with one attached hydrogen (secondary N) is 9. The molecule has 123 heavy (non-hydrogen) atoms. The molecule has 13 N–H and O–H groups in total. The van der Waals surface area contributed by atoms with Crippen molar-refractivity contribution in [2.45, 2.75) is 159 Å². The first kappa shape index (κ1) is 95.8. The van der Waals surface area contributed by atoms with Crippen LogP contribution in [0.1, 0.15) is 295 Å². The van der Waals surface area contributed by atoms with Gasteiger partial charge in [0.25, 0.3) is 53.2 Å². The van der Waals surface area contributed by atoms with E-state index in [2.05, 4.69) is 47.9 Å². The van der Waals surface area contributed by atoms with Crippen molar-refractivity contribution in [1.82, 2.24) is 47.9 Å². The summed E-state index contributed by atoms with van der Waals surface area (Å²) in [5, 5.41) is 42.3. The molecule has 0 spiro atoms. The Morgan fingerprint density at radius 1 is 0.244 bits per heavy atom. The molecule has 0 atom stereocenters. The van der Waals surface area contributed by atoms with E-state index >= 15 is 0 Å². The number of carboxylic acid groups (broad SMARTS) is 2. The maximum atomic E-state index is 12.0. The number of rotatable bonds is 20. The third kappa shape index (κ3) is 28.7. The number of carbonyl (C=O) groups is 14. The monoisotopic (exact) mass is 1670 g/mol. The maximum absolute atomic E-state index is 12.0. The lowest BCUT2D eigenvalue weighted by Gasteiger charge is -2.16. The fraction of sp³-hybridized carbons (Fsp3) is 0.278. The molecule has 7 aliphatic carbocycles. The van der Waals surface area contributed by atoms with Crippen molar-refractivity contribution < 1.29 is 77.3 Å². The Balaban J connectivity index is 0.000000196. The largest absolute Gasteiger partial charge is 0.478 e. The number of Topliss-reactive ketones (excluding diaryl/α,β-unsaturated/α-hetero) is 3. The number of allylic oxidation sites excluding steroid dienone is 14. The molecule has 7 aromatic carbocycles. The van der Waals surface area contributed by atoms with Crippen LogP contribution in [0.4, 0.5) is 0 Å². The van der Waals surface area contributed by atoms with E-state index < -0.39 is 11.9 Å². The highest BCUT2D eigenvalue weighted by Gasteiger charge is 2.23. The normalized spacial score (nSPS) is 13.4. The Bertz CT molecular complexity index is 5080. The SMILES string of the molecule is CC(=O)c1ccc(C)c(C(=O)NC2=CCC2)c1.CC(=O)c1ccc(C)c(C(=O)NC2=CCC2)c1.CC(=O)c1ccc(C)c(C(=O)O)c1.CNC(=O)c1ccc(C)c(C(=O)NC2=CCC2)c1.CNC(=O)c1ccc(C)c(C(=O)NC2=CCC2)c1.CNC(=O)c1ccc(C)c(C(=O)NC2=CCC2)c1.Cc1ccc(C(=O)O)cc1C(=O)NC1=CCC1.NC1=CCC1. The van der Waals surface area contributed by atoms with Gasteiger partial charge in [-0.05, 0) is 265 Å². The summed E-state index contributed by atoms with van der Waals surface area (Å²) < 4.78 is 0. The molecular weight excluding hydrogens is 1560 g/mol. The minimum atomic E-state index is -1.03. The third-order valence-corrected chi connectivity index (χ3v) is 20.6. The number of benzene rings is 7. The van der Waals surface area contributed by atoms with Crippen LogP contribution in [-0.2, 0) is 0 Å². The van der Waals surface area contributed by atoms with E-state index in [0.717, 1.165) is 157 Å². The number of carbonyl (C=O) groups excluding carboxylic acids is 12. The summed E-state index contributed by atoms with van der Waals surface area (Å²) in [5.74, 6) is -3.71. The number of hydrogen-bond acceptors (Lipinski definition) is 15. The lowest BCUT2D eigenvalue weighted by Crippen LogP contribution is -2.26. The van der Waals surface area contributed by atoms with E-state index in [1.54, 1.807) is 144 Å². The summed E-state index contributed by atoms with van der Waals surface area (Å²) in [6.45, 7) is 17.2. The molecule has 7 aromatic rings. The molecule has 0 aromatic heterocycles. The summed E-state index contributed by atoms with van der Waals surface area (Å²) >= 11 is 0. The zero-order valence-corrected chi connectivity index (χ0v) is 71.8. The fourth-order valence-electron chi connectivity index (χ4n) is 11.7. The topological polar surface area (TPSA) is 414 Å². The molecule has 0 unspecified atom stereocenters. The highest BCUT2D eigenvalue weighted by molar-refractivity contribution is 6.06. The van der Waals surface area contributed by atoms with E-state index in [1.165, 1.54) is 45.4 Å². The van der Waals surface area contributed by atoms with Gasteiger partial charge in [0.15, 0.2) is 17.3 Å². The van der Waals surface area contributed by atoms with E-state index in [0.29, 0.717) is 72.3 Å². The second-order valence-corrected chi connectivity index (χ2v) is 29.9. The van der Waals surface area contributed by atoms with Gasteiger partial charge in [-0.15, -0.1) is 0 Å². The second kappa shape index (κ2) is 46.3. The zero-order chi connectivity index (χ0) is 90.3. The molecule has 0 bridgehead atoms. The lowest BCUT2D eigenvalue weighted by molar-refractivity contribution is 0.0685. The Morgan fingerprint density at radius 2 is 0.407 bits per heavy atom. The number of aryl methyl sites for hydroxylation is 7. The van der Waals surface area contributed by atoms with Crippen LogP contribution in [0.2, 0.25) is 0 Å². The lowest BCUT2D eigenvalue weighted by atomic mass is 10.0. The van der Waals surface area contributed by atoms with Crippen LogP contribution in [0.25, 0.3) is 0 Å². The van der Waals surface area contributed by atoms with Gasteiger partial charge in [0, 0.05) is 128 Å². The van der Waals surface area contributed by atoms with Crippen LogP contribution < -0.4 is 53.6 Å². The fourth-order valence-corrected chi connectivity index (χ4v) is 11.7. The van der Waals surface area contributed by atoms with Crippen molar-refractivity contribution in [3.8, 4) is 0 Å². The van der Waals surface area contributed by atoms with Gasteiger partial charge in [-0.25, -0.2) is 9.59 Å². The average molecular weight is 1670 g/mol. The molecule has 0 radical (unpaired) electrons. The van der Waals surface area contributed by atoms with Crippen LogP contribution in [0, 0.1) is 48.5 Å². The molecule has 14 rings (SSSR count). The van der Waals surface area contributed by atoms with E-state index in [9.17, 15) is 67.1 Å². The van der Waals surface area contributed by atoms with Crippen LogP contribution in [-0.4, -0.2) is 114 Å². The van der Waals surface area contributed by atoms with E-state index in [1.807, 2.05) is 77.2 Å². The van der Waals surface area contributed by atoms with Gasteiger partial charge in [0.2, 0.25) is 0 Å². The van der Waals surface area contributed by atoms with Gasteiger partial charge >= 0.3 is 11.9 Å². The van der Waals surface area contributed by atoms with Gasteiger partial charge < -0.3 is 63.8 Å². The first-order valence-electron chi connectivity index (χ1n) is 40.4. The Kier molecular flexibility index (Phi) is 36.1. The molecular formula is C97H108N10O16. The Labute approximate surface area is 716 Å². The molecule has 0 fully saturated rings. The first-order chi connectivity index (χ1) is 58.5. The molecule has 0 heterocycles. The number of carboxylic acids is 2. The predicted octanol–water partition coefficient (Wildman–Crippen LogP) is 15.1. The smallest absolute Gasteiger partial charge is 0.335 e. The summed E-state index contributed by atoms with van der Waals surface area (Å²) in [6.07, 6.45) is 27.9. The van der Waals surface area contributed by atoms with Crippen molar-refractivity contribution in [2.24, 2.45) is 5.73 Å². The number of hydrogen-bond donors (Lipinski definition) is 12. The number of amides is 9. The molecule has 0 aliphatic heterocycles. The summed E-state index contributed by atoms with van der Waals surface area (Å²) in [4.78, 5) is 162. The van der Waals surface area contributed by atoms with Crippen LogP contribution in [0.3, 0.4) is 0 Å². The Morgan fingerprint density at radius 3 is 0.561 bits per heavy atom. The summed E-state index contributed by atoms with van der Waals surface area (Å²) in [5.41, 5.74) is 24.4. The minimum absolute atomic E-state index is 0.0260. The standard InChI is InChI=1S/3C14H16N2O2.2C14H15NO2.C13H13NO3.C10H10O3.C4H7N/c3*1-9-6-7-10(13(17)15-2)8-12(9)14(18)16-11-4-3-5-11;2*1-9-6-7-11(10(2)16)8-13(9)14(17)15-12-4-3-5-12;1-8-5-6-9(13(16)17)7-11(8)12(15)14-10-3-2-4-10;1-6-3-4-8(7(2)11)5-9(6)10(12)13;5-4-2-1-3-4/h3*4,6-8H,3,5H2,1-2H3,(H,15,17)(H,16,18);2*4,6-8H,3,5H2,1-2H3,(H,15,17);3,5-7H,2,4H2,1H3,(H,14,15)(H,16,17);3-5H,1-2H3,(H,12,13);2H,1,3,5H2. The van der Waals surface area contributed by atoms with Gasteiger partial charge in [-0.3, -0.25) is 57.5 Å². The predicted molar refractivity (Wildman–Crippen MR) is 473 cm³/mol. The molecule has 7 aliphatic rings. The van der Waals surface area contributed by atoms with Crippen molar-refractivity contribution >= 4 is 82.5 Å². The third-order valence-electron chi connectivity index (χ3n) is 20.6. The number of ketones is 3. The van der Waals surface area contributed by atoms with Crippen molar-refractivity contribution in [2.75, 3.05) is 21.1 Å². The van der Waals surface area contributed by atoms with Gasteiger partial charge in [0.05, 0.1) is 11.1 Å². The van der Waals surface area contributed by atoms with Gasteiger partial charge in [-0.1, -0.05) is 103 Å². The molecule has 642 valence electrons. The van der Waals surface area contributed by atoms with Crippen LogP contribution in [0.5, 0.6) is 0 Å². The number of aromatic carboxylic acids is 2. The van der Waals surface area contributed by atoms with Gasteiger partial charge in [-0.2, -0.15) is 0 Å². The van der Waals surface area contributed by atoms with Crippen molar-refractivity contribution in [3.05, 3.63) is 327 Å². The van der Waals surface area contributed by atoms with E-state index in [-0.39, 0.29) is 81.6 Å². The van der Waals surface area contributed by atoms with Crippen LogP contribution >= 0.6 is 0 Å². The zero-order valence-electron chi connectivity index (χ0n) is 71.8. The average Bonchev–Trinajstić information content (AvgIpc) is 0.823. The summed E-state index contributed by atoms with van der Waals surface area (Å²) in [7, 11) is 4.71.